The maximum Gasteiger partial charge on any atom is 0.204 e. The second-order valence-corrected chi connectivity index (χ2v) is 6.06. The molecule has 0 bridgehead atoms. The molecule has 10 nitrogen and oxygen atoms in total. The van der Waals surface area contributed by atoms with Crippen LogP contribution in [0.1, 0.15) is 5.56 Å². The third-order valence-electron chi connectivity index (χ3n) is 3.93. The molecule has 0 radical (unpaired) electrons. The first-order valence-corrected chi connectivity index (χ1v) is 8.80. The molecule has 10 heteroatoms. The van der Waals surface area contributed by atoms with Crippen molar-refractivity contribution in [1.29, 1.82) is 16.2 Å². The summed E-state index contributed by atoms with van der Waals surface area (Å²) in [5.41, 5.74) is 12.9. The Balaban J connectivity index is 2.12. The van der Waals surface area contributed by atoms with Crippen LogP contribution in [0.15, 0.2) is 65.7 Å². The Morgan fingerprint density at radius 2 is 1.52 bits per heavy atom. The zero-order chi connectivity index (χ0) is 21.2. The molecule has 0 aliphatic rings. The summed E-state index contributed by atoms with van der Waals surface area (Å²) in [5, 5.41) is 29.6. The molecule has 0 amide bonds. The van der Waals surface area contributed by atoms with Gasteiger partial charge in [-0.25, -0.2) is 4.99 Å². The normalized spacial score (nSPS) is 10.7. The molecule has 0 heterocycles. The van der Waals surface area contributed by atoms with Gasteiger partial charge in [0, 0.05) is 19.3 Å². The van der Waals surface area contributed by atoms with E-state index in [4.69, 9.17) is 27.7 Å². The van der Waals surface area contributed by atoms with Crippen LogP contribution < -0.4 is 22.1 Å². The van der Waals surface area contributed by atoms with Crippen LogP contribution in [-0.2, 0) is 6.54 Å². The second kappa shape index (κ2) is 10.3. The number of benzene rings is 2. The summed E-state index contributed by atoms with van der Waals surface area (Å²) in [6, 6.07) is 18.8. The highest BCUT2D eigenvalue weighted by atomic mass is 15.4. The average Bonchev–Trinajstić information content (AvgIpc) is 2.71. The predicted molar refractivity (Wildman–Crippen MR) is 117 cm³/mol. The molecule has 0 saturated carbocycles. The fourth-order valence-electron chi connectivity index (χ4n) is 2.30. The van der Waals surface area contributed by atoms with Gasteiger partial charge < -0.3 is 22.1 Å². The van der Waals surface area contributed by atoms with Crippen LogP contribution in [0.5, 0.6) is 0 Å². The average molecular weight is 394 g/mol. The highest BCUT2D eigenvalue weighted by molar-refractivity contribution is 6.02. The van der Waals surface area contributed by atoms with Crippen LogP contribution >= 0.6 is 0 Å². The van der Waals surface area contributed by atoms with Crippen molar-refractivity contribution < 1.29 is 0 Å². The van der Waals surface area contributed by atoms with Gasteiger partial charge in [0.1, 0.15) is 6.67 Å². The standard InChI is InChI=1S/C19H26N10/c1-28(16(20)21)19(25-12-14-8-4-2-5-9-14)26-13-29(17(22)23)18(24)27-15-10-6-3-7-11-15/h2-11H,12-13H2,1H3,(H3,20,21)(H3,22,23)(H2,24,27)(H,25,26). The minimum absolute atomic E-state index is 0.0969. The second-order valence-electron chi connectivity index (χ2n) is 6.06. The van der Waals surface area contributed by atoms with Crippen molar-refractivity contribution in [2.75, 3.05) is 19.0 Å². The number of nitrogens with zero attached hydrogens (tertiary/aromatic N) is 3. The summed E-state index contributed by atoms with van der Waals surface area (Å²) in [6.07, 6.45) is 0. The lowest BCUT2D eigenvalue weighted by Gasteiger charge is -2.25. The maximum atomic E-state index is 8.21. The molecule has 0 aliphatic heterocycles. The van der Waals surface area contributed by atoms with Crippen LogP contribution in [0.4, 0.5) is 5.69 Å². The highest BCUT2D eigenvalue weighted by Crippen LogP contribution is 2.06. The van der Waals surface area contributed by atoms with Crippen molar-refractivity contribution in [3.63, 3.8) is 0 Å². The lowest BCUT2D eigenvalue weighted by Crippen LogP contribution is -2.48. The molecule has 152 valence electrons. The van der Waals surface area contributed by atoms with Gasteiger partial charge in [0.05, 0.1) is 0 Å². The third-order valence-corrected chi connectivity index (χ3v) is 3.93. The number of aliphatic imine (C=N–C) groups is 1. The molecule has 2 aromatic rings. The first-order valence-electron chi connectivity index (χ1n) is 8.80. The van der Waals surface area contributed by atoms with Crippen LogP contribution in [-0.4, -0.2) is 47.4 Å². The van der Waals surface area contributed by atoms with Crippen molar-refractivity contribution in [1.82, 2.24) is 15.1 Å². The van der Waals surface area contributed by atoms with E-state index in [2.05, 4.69) is 15.6 Å². The number of nitrogens with one attached hydrogen (secondary N) is 5. The molecular weight excluding hydrogens is 368 g/mol. The summed E-state index contributed by atoms with van der Waals surface area (Å²) in [5.74, 6) is -0.313. The van der Waals surface area contributed by atoms with Crippen LogP contribution in [0.25, 0.3) is 0 Å². The molecule has 0 spiro atoms. The van der Waals surface area contributed by atoms with Gasteiger partial charge in [0.15, 0.2) is 11.9 Å². The van der Waals surface area contributed by atoms with E-state index >= 15 is 0 Å². The van der Waals surface area contributed by atoms with Crippen LogP contribution in [0, 0.1) is 16.2 Å². The van der Waals surface area contributed by atoms with E-state index in [1.807, 2.05) is 48.5 Å². The lowest BCUT2D eigenvalue weighted by molar-refractivity contribution is 0.587. The molecule has 0 aliphatic carbocycles. The summed E-state index contributed by atoms with van der Waals surface area (Å²) in [4.78, 5) is 6.94. The first kappa shape index (κ1) is 21.2. The van der Waals surface area contributed by atoms with Gasteiger partial charge in [-0.3, -0.25) is 26.0 Å². The highest BCUT2D eigenvalue weighted by Gasteiger charge is 2.15. The van der Waals surface area contributed by atoms with Gasteiger partial charge in [-0.15, -0.1) is 0 Å². The number of guanidine groups is 4. The topological polar surface area (TPSA) is 166 Å². The smallest absolute Gasteiger partial charge is 0.204 e. The minimum Gasteiger partial charge on any atom is -0.370 e. The molecule has 0 fully saturated rings. The van der Waals surface area contributed by atoms with Crippen molar-refractivity contribution in [3.8, 4) is 0 Å². The summed E-state index contributed by atoms with van der Waals surface area (Å²) in [6.45, 7) is 0.361. The molecule has 2 rings (SSSR count). The molecule has 29 heavy (non-hydrogen) atoms. The van der Waals surface area contributed by atoms with E-state index < -0.39 is 0 Å². The van der Waals surface area contributed by atoms with E-state index in [-0.39, 0.29) is 24.5 Å². The molecule has 0 unspecified atom stereocenters. The Hall–Kier alpha value is -4.08. The first-order chi connectivity index (χ1) is 13.9. The van der Waals surface area contributed by atoms with Crippen molar-refractivity contribution in [2.24, 2.45) is 16.5 Å². The SMILES string of the molecule is CN(C(=N)N)/C(=N\CN(C(=N)N)C(=N)Nc1ccccc1)NCc1ccccc1. The summed E-state index contributed by atoms with van der Waals surface area (Å²) < 4.78 is 0. The van der Waals surface area contributed by atoms with Gasteiger partial charge in [-0.05, 0) is 17.7 Å². The fourth-order valence-corrected chi connectivity index (χ4v) is 2.30. The van der Waals surface area contributed by atoms with E-state index in [1.54, 1.807) is 19.2 Å². The Morgan fingerprint density at radius 3 is 2.07 bits per heavy atom. The fraction of sp³-hybridized carbons (Fsp3) is 0.158. The van der Waals surface area contributed by atoms with Crippen molar-refractivity contribution in [3.05, 3.63) is 66.2 Å². The number of anilines is 1. The van der Waals surface area contributed by atoms with E-state index in [0.29, 0.717) is 18.2 Å². The molecule has 0 saturated heterocycles. The zero-order valence-electron chi connectivity index (χ0n) is 16.2. The minimum atomic E-state index is -0.338. The number of hydrogen-bond donors (Lipinski definition) is 7. The molecule has 2 aromatic carbocycles. The molecule has 0 atom stereocenters. The Kier molecular flexibility index (Phi) is 7.54. The monoisotopic (exact) mass is 394 g/mol. The third kappa shape index (κ3) is 6.54. The maximum absolute atomic E-state index is 8.21. The van der Waals surface area contributed by atoms with E-state index in [1.165, 1.54) is 9.80 Å². The van der Waals surface area contributed by atoms with E-state index in [0.717, 1.165) is 5.56 Å². The number of hydrogen-bond acceptors (Lipinski definition) is 4. The number of rotatable bonds is 5. The van der Waals surface area contributed by atoms with E-state index in [9.17, 15) is 0 Å². The summed E-state index contributed by atoms with van der Waals surface area (Å²) in [7, 11) is 1.60. The number of nitrogens with two attached hydrogens (primary N) is 2. The van der Waals surface area contributed by atoms with Gasteiger partial charge in [0.25, 0.3) is 0 Å². The molecular formula is C19H26N10. The number of para-hydroxylation sites is 1. The van der Waals surface area contributed by atoms with Crippen LogP contribution in [0.2, 0.25) is 0 Å². The van der Waals surface area contributed by atoms with Crippen molar-refractivity contribution >= 4 is 29.5 Å². The van der Waals surface area contributed by atoms with Crippen LogP contribution in [0.3, 0.4) is 0 Å². The lowest BCUT2D eigenvalue weighted by atomic mass is 10.2. The summed E-state index contributed by atoms with van der Waals surface area (Å²) >= 11 is 0. The Bertz CT molecular complexity index is 863. The Labute approximate surface area is 169 Å². The van der Waals surface area contributed by atoms with Gasteiger partial charge in [-0.2, -0.15) is 0 Å². The largest absolute Gasteiger partial charge is 0.370 e. The van der Waals surface area contributed by atoms with Gasteiger partial charge >= 0.3 is 0 Å². The predicted octanol–water partition coefficient (Wildman–Crippen LogP) is 1.16. The van der Waals surface area contributed by atoms with Gasteiger partial charge in [-0.1, -0.05) is 48.5 Å². The Morgan fingerprint density at radius 1 is 0.931 bits per heavy atom. The quantitative estimate of drug-likeness (QED) is 0.297. The zero-order valence-corrected chi connectivity index (χ0v) is 16.2. The molecule has 0 aromatic heterocycles. The van der Waals surface area contributed by atoms with Crippen molar-refractivity contribution in [2.45, 2.75) is 6.54 Å². The van der Waals surface area contributed by atoms with Gasteiger partial charge in [0.2, 0.25) is 11.9 Å². The molecule has 9 N–H and O–H groups in total.